The van der Waals surface area contributed by atoms with Gasteiger partial charge in [-0.05, 0) is 24.3 Å². The van der Waals surface area contributed by atoms with Crippen molar-refractivity contribution in [1.82, 2.24) is 0 Å². The lowest BCUT2D eigenvalue weighted by atomic mass is 9.95. The highest BCUT2D eigenvalue weighted by atomic mass is 79.9. The fourth-order valence-corrected chi connectivity index (χ4v) is 4.27. The molecule has 0 unspecified atom stereocenters. The molecule has 2 rings (SSSR count). The second kappa shape index (κ2) is 15.1. The Kier molecular flexibility index (Phi) is 12.2. The number of anilines is 1. The molecular weight excluding hydrogens is 612 g/mol. The first-order valence-electron chi connectivity index (χ1n) is 12.3. The van der Waals surface area contributed by atoms with Crippen LogP contribution in [0.5, 0.6) is 0 Å². The summed E-state index contributed by atoms with van der Waals surface area (Å²) >= 11 is 3.34. The lowest BCUT2D eigenvalue weighted by Crippen LogP contribution is -2.55. The van der Waals surface area contributed by atoms with Crippen molar-refractivity contribution in [1.29, 1.82) is 0 Å². The molecule has 0 radical (unpaired) electrons. The predicted molar refractivity (Wildman–Crippen MR) is 143 cm³/mol. The molecule has 14 nitrogen and oxygen atoms in total. The number of halogens is 1. The largest absolute Gasteiger partial charge is 0.467 e. The van der Waals surface area contributed by atoms with Crippen LogP contribution < -0.4 is 5.01 Å². The molecular formula is C26H31BrN2O12. The number of hydrazone groups is 1. The van der Waals surface area contributed by atoms with Gasteiger partial charge in [0.2, 0.25) is 0 Å². The minimum absolute atomic E-state index is 0.0379. The van der Waals surface area contributed by atoms with Gasteiger partial charge in [-0.15, -0.1) is 0 Å². The second-order valence-electron chi connectivity index (χ2n) is 8.78. The van der Waals surface area contributed by atoms with Crippen molar-refractivity contribution in [3.8, 4) is 0 Å². The van der Waals surface area contributed by atoms with Gasteiger partial charge in [-0.1, -0.05) is 15.9 Å². The third kappa shape index (κ3) is 9.84. The lowest BCUT2D eigenvalue weighted by Gasteiger charge is -2.35. The van der Waals surface area contributed by atoms with Crippen molar-refractivity contribution in [2.75, 3.05) is 18.7 Å². The van der Waals surface area contributed by atoms with Gasteiger partial charge in [-0.3, -0.25) is 29.0 Å². The van der Waals surface area contributed by atoms with Gasteiger partial charge in [0.05, 0.1) is 18.5 Å². The average Bonchev–Trinajstić information content (AvgIpc) is 3.32. The van der Waals surface area contributed by atoms with Gasteiger partial charge in [0, 0.05) is 45.5 Å². The summed E-state index contributed by atoms with van der Waals surface area (Å²) in [5.74, 6) is -4.85. The molecule has 0 aliphatic carbocycles. The summed E-state index contributed by atoms with van der Waals surface area (Å²) in [7, 11) is 1.20. The Morgan fingerprint density at radius 2 is 1.37 bits per heavy atom. The molecule has 0 spiro atoms. The number of carbonyl (C=O) groups excluding carboxylic acids is 6. The number of esters is 6. The zero-order chi connectivity index (χ0) is 30.9. The van der Waals surface area contributed by atoms with Gasteiger partial charge < -0.3 is 28.4 Å². The van der Waals surface area contributed by atoms with E-state index in [-0.39, 0.29) is 12.1 Å². The van der Waals surface area contributed by atoms with Crippen molar-refractivity contribution in [2.24, 2.45) is 5.10 Å². The maximum atomic E-state index is 12.7. The van der Waals surface area contributed by atoms with Gasteiger partial charge in [0.15, 0.2) is 30.5 Å². The zero-order valence-corrected chi connectivity index (χ0v) is 24.9. The van der Waals surface area contributed by atoms with Crippen molar-refractivity contribution in [3.63, 3.8) is 0 Å². The molecule has 1 aromatic carbocycles. The number of nitrogens with zero attached hydrogens (tertiary/aromatic N) is 2. The smallest absolute Gasteiger partial charge is 0.331 e. The minimum atomic E-state index is -1.66. The van der Waals surface area contributed by atoms with E-state index in [2.05, 4.69) is 21.0 Å². The number of rotatable bonds is 12. The summed E-state index contributed by atoms with van der Waals surface area (Å²) in [6.45, 7) is 4.75. The van der Waals surface area contributed by atoms with Crippen molar-refractivity contribution < 1.29 is 57.2 Å². The summed E-state index contributed by atoms with van der Waals surface area (Å²) in [6.07, 6.45) is -6.52. The molecule has 1 aliphatic heterocycles. The van der Waals surface area contributed by atoms with Gasteiger partial charge in [-0.2, -0.15) is 5.10 Å². The minimum Gasteiger partial charge on any atom is -0.467 e. The highest BCUT2D eigenvalue weighted by Gasteiger charge is 2.49. The highest BCUT2D eigenvalue weighted by molar-refractivity contribution is 9.10. The molecule has 0 aromatic heterocycles. The molecule has 1 heterocycles. The quantitative estimate of drug-likeness (QED) is 0.239. The van der Waals surface area contributed by atoms with Gasteiger partial charge in [0.1, 0.15) is 6.61 Å². The molecule has 15 heteroatoms. The summed E-state index contributed by atoms with van der Waals surface area (Å²) < 4.78 is 32.4. The van der Waals surface area contributed by atoms with Crippen molar-refractivity contribution >= 4 is 63.1 Å². The molecule has 5 atom stereocenters. The fourth-order valence-electron chi connectivity index (χ4n) is 4.01. The second-order valence-corrected chi connectivity index (χ2v) is 9.70. The van der Waals surface area contributed by atoms with E-state index in [0.29, 0.717) is 5.69 Å². The molecule has 0 bridgehead atoms. The number of methoxy groups -OCH3 is 1. The fraction of sp³-hybridized carbons (Fsp3) is 0.500. The first kappa shape index (κ1) is 33.2. The Morgan fingerprint density at radius 3 is 1.85 bits per heavy atom. The molecule has 0 saturated heterocycles. The Bertz CT molecular complexity index is 1190. The monoisotopic (exact) mass is 642 g/mol. The van der Waals surface area contributed by atoms with Gasteiger partial charge in [0.25, 0.3) is 0 Å². The number of ether oxygens (including phenoxy) is 6. The van der Waals surface area contributed by atoms with Crippen molar-refractivity contribution in [2.45, 2.75) is 71.5 Å². The van der Waals surface area contributed by atoms with Crippen LogP contribution in [0, 0.1) is 0 Å². The summed E-state index contributed by atoms with van der Waals surface area (Å²) in [6, 6.07) is 5.78. The van der Waals surface area contributed by atoms with E-state index in [1.165, 1.54) is 12.1 Å². The van der Waals surface area contributed by atoms with E-state index < -0.39 is 72.9 Å². The summed E-state index contributed by atoms with van der Waals surface area (Å²) in [5.41, 5.74) is 0.518. The average molecular weight is 643 g/mol. The van der Waals surface area contributed by atoms with Gasteiger partial charge in [-0.25, -0.2) is 4.79 Å². The van der Waals surface area contributed by atoms with Crippen LogP contribution in [0.1, 0.15) is 41.0 Å². The third-order valence-corrected chi connectivity index (χ3v) is 6.01. The molecule has 0 saturated carbocycles. The SMILES string of the molecule is COC(=O)[C@@H]1CC([C@H](OC(C)=O)[C@@H](OC(C)=O)[C@@H](OC(C)=O)[C@@H](COC(C)=O)OC(C)=O)=NN1c1ccc(Br)cc1. The van der Waals surface area contributed by atoms with Crippen LogP contribution >= 0.6 is 15.9 Å². The van der Waals surface area contributed by atoms with Crippen molar-refractivity contribution in [3.05, 3.63) is 28.7 Å². The topological polar surface area (TPSA) is 173 Å². The first-order valence-corrected chi connectivity index (χ1v) is 13.0. The van der Waals surface area contributed by atoms with E-state index in [9.17, 15) is 28.8 Å². The number of carbonyl (C=O) groups is 6. The molecule has 1 aliphatic rings. The van der Waals surface area contributed by atoms with Crippen LogP contribution in [0.2, 0.25) is 0 Å². The molecule has 0 N–H and O–H groups in total. The van der Waals surface area contributed by atoms with E-state index in [1.807, 2.05) is 0 Å². The Morgan fingerprint density at radius 1 is 0.829 bits per heavy atom. The molecule has 0 amide bonds. The maximum Gasteiger partial charge on any atom is 0.331 e. The van der Waals surface area contributed by atoms with E-state index in [0.717, 1.165) is 39.1 Å². The first-order chi connectivity index (χ1) is 19.2. The Balaban J connectivity index is 2.70. The predicted octanol–water partition coefficient (Wildman–Crippen LogP) is 1.85. The van der Waals surface area contributed by atoms with Crippen LogP contribution in [0.15, 0.2) is 33.8 Å². The molecule has 41 heavy (non-hydrogen) atoms. The Labute approximate surface area is 244 Å². The van der Waals surface area contributed by atoms with Crippen LogP contribution in [-0.4, -0.2) is 85.7 Å². The summed E-state index contributed by atoms with van der Waals surface area (Å²) in [5, 5.41) is 5.85. The number of benzene rings is 1. The van der Waals surface area contributed by atoms with Crippen LogP contribution in [0.25, 0.3) is 0 Å². The normalized spacial score (nSPS) is 17.2. The molecule has 0 fully saturated rings. The van der Waals surface area contributed by atoms with E-state index >= 15 is 0 Å². The highest BCUT2D eigenvalue weighted by Crippen LogP contribution is 2.31. The molecule has 1 aromatic rings. The number of hydrogen-bond acceptors (Lipinski definition) is 14. The lowest BCUT2D eigenvalue weighted by molar-refractivity contribution is -0.198. The third-order valence-electron chi connectivity index (χ3n) is 5.48. The number of hydrogen-bond donors (Lipinski definition) is 0. The van der Waals surface area contributed by atoms with Crippen LogP contribution in [-0.2, 0) is 57.2 Å². The zero-order valence-electron chi connectivity index (χ0n) is 23.3. The summed E-state index contributed by atoms with van der Waals surface area (Å²) in [4.78, 5) is 72.9. The van der Waals surface area contributed by atoms with E-state index in [1.54, 1.807) is 24.3 Å². The maximum absolute atomic E-state index is 12.7. The Hall–Kier alpha value is -4.01. The van der Waals surface area contributed by atoms with Gasteiger partial charge >= 0.3 is 35.8 Å². The van der Waals surface area contributed by atoms with Crippen LogP contribution in [0.4, 0.5) is 5.69 Å². The molecule has 224 valence electrons. The standard InChI is InChI=1S/C26H31BrN2O12/c1-13(30)37-12-22(38-14(2)31)24(40-16(4)33)25(41-17(5)34)23(39-15(3)32)20-11-21(26(35)36-6)29(28-20)19-9-7-18(27)8-10-19/h7-10,21-25H,11-12H2,1-6H3/t21-,22+,23-,24-,25+/m0/s1. The van der Waals surface area contributed by atoms with Crippen LogP contribution in [0.3, 0.4) is 0 Å². The van der Waals surface area contributed by atoms with E-state index in [4.69, 9.17) is 28.4 Å².